The zero-order valence-corrected chi connectivity index (χ0v) is 13.0. The Morgan fingerprint density at radius 3 is 2.33 bits per heavy atom. The molecule has 0 radical (unpaired) electrons. The number of morpholine rings is 1. The lowest BCUT2D eigenvalue weighted by Crippen LogP contribution is -3.16. The Kier molecular flexibility index (Phi) is 5.85. The Balaban J connectivity index is 1.74. The van der Waals surface area contributed by atoms with Crippen molar-refractivity contribution in [1.29, 1.82) is 0 Å². The van der Waals surface area contributed by atoms with Crippen LogP contribution in [0.25, 0.3) is 0 Å². The highest BCUT2D eigenvalue weighted by molar-refractivity contribution is 5.31. The summed E-state index contributed by atoms with van der Waals surface area (Å²) in [5.74, 6) is 1.54. The highest BCUT2D eigenvalue weighted by atomic mass is 16.5. The quantitative estimate of drug-likeness (QED) is 0.783. The van der Waals surface area contributed by atoms with E-state index in [2.05, 4.69) is 13.8 Å². The molecule has 0 bridgehead atoms. The number of aliphatic hydroxyl groups excluding tert-OH is 1. The van der Waals surface area contributed by atoms with Gasteiger partial charge in [-0.1, -0.05) is 0 Å². The van der Waals surface area contributed by atoms with Crippen LogP contribution >= 0.6 is 0 Å². The van der Waals surface area contributed by atoms with Crippen molar-refractivity contribution in [1.82, 2.24) is 0 Å². The van der Waals surface area contributed by atoms with Gasteiger partial charge < -0.3 is 24.2 Å². The van der Waals surface area contributed by atoms with E-state index in [9.17, 15) is 5.11 Å². The number of hydrogen-bond donors (Lipinski definition) is 2. The summed E-state index contributed by atoms with van der Waals surface area (Å²) >= 11 is 0. The molecule has 0 unspecified atom stereocenters. The third-order valence-corrected chi connectivity index (χ3v) is 3.64. The fourth-order valence-corrected chi connectivity index (χ4v) is 2.81. The van der Waals surface area contributed by atoms with E-state index in [1.807, 2.05) is 24.3 Å². The van der Waals surface area contributed by atoms with Crippen LogP contribution in [0.5, 0.6) is 11.5 Å². The number of ether oxygens (including phenoxy) is 3. The summed E-state index contributed by atoms with van der Waals surface area (Å²) in [6, 6.07) is 7.38. The van der Waals surface area contributed by atoms with Crippen molar-refractivity contribution in [2.24, 2.45) is 0 Å². The molecule has 1 aliphatic heterocycles. The molecule has 5 nitrogen and oxygen atoms in total. The predicted octanol–water partition coefficient (Wildman–Crippen LogP) is 0.127. The summed E-state index contributed by atoms with van der Waals surface area (Å²) in [5, 5.41) is 10.1. The molecule has 0 aliphatic carbocycles. The highest BCUT2D eigenvalue weighted by Gasteiger charge is 2.27. The minimum absolute atomic E-state index is 0.249. The third kappa shape index (κ3) is 5.19. The van der Waals surface area contributed by atoms with Gasteiger partial charge in [0.2, 0.25) is 0 Å². The monoisotopic (exact) mass is 296 g/mol. The van der Waals surface area contributed by atoms with E-state index in [0.717, 1.165) is 24.6 Å². The van der Waals surface area contributed by atoms with Gasteiger partial charge in [-0.25, -0.2) is 0 Å². The molecule has 1 aromatic rings. The van der Waals surface area contributed by atoms with Gasteiger partial charge in [-0.15, -0.1) is 0 Å². The van der Waals surface area contributed by atoms with Crippen LogP contribution in [-0.4, -0.2) is 56.8 Å². The first-order chi connectivity index (χ1) is 10.1. The SMILES string of the molecule is COc1ccc(OC[C@@H](O)C[NH+]2C[C@H](C)O[C@@H](C)C2)cc1. The van der Waals surface area contributed by atoms with Crippen LogP contribution in [-0.2, 0) is 4.74 Å². The van der Waals surface area contributed by atoms with Crippen molar-refractivity contribution in [2.75, 3.05) is 33.4 Å². The maximum Gasteiger partial charge on any atom is 0.137 e. The van der Waals surface area contributed by atoms with Gasteiger partial charge in [-0.3, -0.25) is 0 Å². The van der Waals surface area contributed by atoms with Gasteiger partial charge in [0.15, 0.2) is 0 Å². The molecule has 0 aromatic heterocycles. The minimum atomic E-state index is -0.473. The number of quaternary nitrogens is 1. The lowest BCUT2D eigenvalue weighted by atomic mass is 10.2. The largest absolute Gasteiger partial charge is 0.497 e. The van der Waals surface area contributed by atoms with E-state index >= 15 is 0 Å². The minimum Gasteiger partial charge on any atom is -0.497 e. The fourth-order valence-electron chi connectivity index (χ4n) is 2.81. The van der Waals surface area contributed by atoms with Crippen LogP contribution in [0.2, 0.25) is 0 Å². The Morgan fingerprint density at radius 2 is 1.76 bits per heavy atom. The first kappa shape index (κ1) is 16.1. The molecular formula is C16H26NO4+. The van der Waals surface area contributed by atoms with Gasteiger partial charge in [-0.05, 0) is 38.1 Å². The maximum absolute atomic E-state index is 10.1. The number of rotatable bonds is 6. The summed E-state index contributed by atoms with van der Waals surface area (Å²) in [5.41, 5.74) is 0. The first-order valence-corrected chi connectivity index (χ1v) is 7.50. The molecule has 3 atom stereocenters. The maximum atomic E-state index is 10.1. The summed E-state index contributed by atoms with van der Waals surface area (Å²) in [7, 11) is 1.63. The second kappa shape index (κ2) is 7.64. The molecule has 0 spiro atoms. The van der Waals surface area contributed by atoms with Gasteiger partial charge in [0.1, 0.15) is 56.1 Å². The van der Waals surface area contributed by atoms with Gasteiger partial charge in [-0.2, -0.15) is 0 Å². The molecule has 0 saturated carbocycles. The van der Waals surface area contributed by atoms with E-state index in [4.69, 9.17) is 14.2 Å². The topological polar surface area (TPSA) is 52.4 Å². The van der Waals surface area contributed by atoms with E-state index in [-0.39, 0.29) is 12.2 Å². The smallest absolute Gasteiger partial charge is 0.137 e. The van der Waals surface area contributed by atoms with Crippen LogP contribution < -0.4 is 14.4 Å². The number of methoxy groups -OCH3 is 1. The van der Waals surface area contributed by atoms with E-state index in [0.29, 0.717) is 13.2 Å². The fraction of sp³-hybridized carbons (Fsp3) is 0.625. The lowest BCUT2D eigenvalue weighted by Gasteiger charge is -2.33. The molecule has 1 saturated heterocycles. The van der Waals surface area contributed by atoms with Crippen molar-refractivity contribution >= 4 is 0 Å². The van der Waals surface area contributed by atoms with Gasteiger partial charge >= 0.3 is 0 Å². The van der Waals surface area contributed by atoms with E-state index in [1.54, 1.807) is 7.11 Å². The average molecular weight is 296 g/mol. The third-order valence-electron chi connectivity index (χ3n) is 3.64. The molecule has 1 aliphatic rings. The first-order valence-electron chi connectivity index (χ1n) is 7.50. The van der Waals surface area contributed by atoms with Crippen LogP contribution in [0, 0.1) is 0 Å². The van der Waals surface area contributed by atoms with Crippen molar-refractivity contribution in [2.45, 2.75) is 32.2 Å². The molecule has 2 N–H and O–H groups in total. The summed E-state index contributed by atoms with van der Waals surface area (Å²) in [6.07, 6.45) is 0.0246. The zero-order valence-electron chi connectivity index (χ0n) is 13.0. The standard InChI is InChI=1S/C16H25NO4/c1-12-8-17(9-13(2)21-12)10-14(18)11-20-16-6-4-15(19-3)5-7-16/h4-7,12-14,18H,8-11H2,1-3H3/p+1/t12-,13-,14-/m0/s1. The average Bonchev–Trinajstić information content (AvgIpc) is 2.44. The van der Waals surface area contributed by atoms with Crippen molar-refractivity contribution in [3.63, 3.8) is 0 Å². The number of nitrogens with one attached hydrogen (secondary N) is 1. The number of hydrogen-bond acceptors (Lipinski definition) is 4. The molecule has 21 heavy (non-hydrogen) atoms. The Morgan fingerprint density at radius 1 is 1.19 bits per heavy atom. The molecule has 1 aromatic carbocycles. The lowest BCUT2D eigenvalue weighted by molar-refractivity contribution is -0.918. The highest BCUT2D eigenvalue weighted by Crippen LogP contribution is 2.16. The molecule has 118 valence electrons. The summed E-state index contributed by atoms with van der Waals surface area (Å²) in [6.45, 7) is 7.02. The van der Waals surface area contributed by atoms with Gasteiger partial charge in [0.25, 0.3) is 0 Å². The second-order valence-electron chi connectivity index (χ2n) is 5.76. The van der Waals surface area contributed by atoms with E-state index in [1.165, 1.54) is 4.90 Å². The molecular weight excluding hydrogens is 270 g/mol. The van der Waals surface area contributed by atoms with Crippen molar-refractivity contribution in [3.05, 3.63) is 24.3 Å². The van der Waals surface area contributed by atoms with Crippen LogP contribution in [0.1, 0.15) is 13.8 Å². The Labute approximate surface area is 126 Å². The van der Waals surface area contributed by atoms with Gasteiger partial charge in [0.05, 0.1) is 7.11 Å². The van der Waals surface area contributed by atoms with Gasteiger partial charge in [0, 0.05) is 0 Å². The van der Waals surface area contributed by atoms with Crippen molar-refractivity contribution in [3.8, 4) is 11.5 Å². The van der Waals surface area contributed by atoms with E-state index < -0.39 is 6.10 Å². The molecule has 0 amide bonds. The van der Waals surface area contributed by atoms with Crippen LogP contribution in [0.15, 0.2) is 24.3 Å². The zero-order chi connectivity index (χ0) is 15.2. The molecule has 5 heteroatoms. The van der Waals surface area contributed by atoms with Crippen molar-refractivity contribution < 1.29 is 24.2 Å². The normalized spacial score (nSPS) is 27.1. The number of aliphatic hydroxyl groups is 1. The summed E-state index contributed by atoms with van der Waals surface area (Å²) in [4.78, 5) is 1.37. The molecule has 1 fully saturated rings. The predicted molar refractivity (Wildman–Crippen MR) is 80.1 cm³/mol. The summed E-state index contributed by atoms with van der Waals surface area (Å²) < 4.78 is 16.4. The van der Waals surface area contributed by atoms with Crippen LogP contribution in [0.4, 0.5) is 0 Å². The molecule has 1 heterocycles. The number of benzene rings is 1. The Bertz CT molecular complexity index is 413. The Hall–Kier alpha value is -1.30. The van der Waals surface area contributed by atoms with Crippen LogP contribution in [0.3, 0.4) is 0 Å². The molecule has 2 rings (SSSR count). The second-order valence-corrected chi connectivity index (χ2v) is 5.76.